The molecule has 2 heterocycles. The number of halogens is 4. The Bertz CT molecular complexity index is 1210. The van der Waals surface area contributed by atoms with E-state index >= 15 is 0 Å². The number of fused-ring (bicyclic) bond motifs is 1. The van der Waals surface area contributed by atoms with Crippen molar-refractivity contribution in [1.29, 1.82) is 0 Å². The second-order valence-corrected chi connectivity index (χ2v) is 6.55. The summed E-state index contributed by atoms with van der Waals surface area (Å²) in [7, 11) is 0. The number of hydrogen-bond acceptors (Lipinski definition) is 5. The number of aliphatic hydroxyl groups excluding tert-OH is 1. The van der Waals surface area contributed by atoms with Crippen LogP contribution in [0.5, 0.6) is 5.75 Å². The van der Waals surface area contributed by atoms with Crippen LogP contribution in [0.4, 0.5) is 29.1 Å². The normalized spacial score (nSPS) is 11.8. The summed E-state index contributed by atoms with van der Waals surface area (Å²) in [5.74, 6) is -0.115. The highest BCUT2D eigenvalue weighted by molar-refractivity contribution is 5.75. The van der Waals surface area contributed by atoms with Gasteiger partial charge < -0.3 is 15.2 Å². The van der Waals surface area contributed by atoms with Crippen LogP contribution in [-0.2, 0) is 6.61 Å². The molecule has 0 radical (unpaired) electrons. The van der Waals surface area contributed by atoms with E-state index in [1.807, 2.05) is 18.2 Å². The van der Waals surface area contributed by atoms with Gasteiger partial charge in [0.1, 0.15) is 5.75 Å². The number of benzene rings is 2. The summed E-state index contributed by atoms with van der Waals surface area (Å²) >= 11 is 0. The highest BCUT2D eigenvalue weighted by Gasteiger charge is 2.44. The van der Waals surface area contributed by atoms with Crippen LogP contribution in [0.25, 0.3) is 16.9 Å². The maximum absolute atomic E-state index is 13.2. The molecule has 0 fully saturated rings. The van der Waals surface area contributed by atoms with Crippen LogP contribution in [-0.4, -0.2) is 32.0 Å². The molecular weight excluding hydrogens is 416 g/mol. The number of nitrogens with one attached hydrogen (secondary N) is 1. The molecule has 0 amide bonds. The molecule has 2 aromatic heterocycles. The first-order valence-electron chi connectivity index (χ1n) is 9.12. The molecule has 31 heavy (non-hydrogen) atoms. The SMILES string of the molecule is OCc1ccccc1-c1cnc2c(Nc3cccc(OC(F)(F)C(F)F)c3)nccn12. The Labute approximate surface area is 173 Å². The minimum atomic E-state index is -4.60. The Hall–Kier alpha value is -3.66. The first-order chi connectivity index (χ1) is 14.9. The number of rotatable bonds is 7. The second-order valence-electron chi connectivity index (χ2n) is 6.55. The fraction of sp³-hybridized carbons (Fsp3) is 0.143. The van der Waals surface area contributed by atoms with Gasteiger partial charge in [-0.25, -0.2) is 9.97 Å². The van der Waals surface area contributed by atoms with E-state index in [2.05, 4.69) is 20.0 Å². The third-order valence-corrected chi connectivity index (χ3v) is 4.50. The van der Waals surface area contributed by atoms with Crippen molar-refractivity contribution in [2.24, 2.45) is 0 Å². The van der Waals surface area contributed by atoms with Crippen molar-refractivity contribution in [3.63, 3.8) is 0 Å². The van der Waals surface area contributed by atoms with E-state index in [1.165, 1.54) is 12.3 Å². The minimum absolute atomic E-state index is 0.143. The lowest BCUT2D eigenvalue weighted by atomic mass is 10.1. The molecule has 10 heteroatoms. The monoisotopic (exact) mass is 432 g/mol. The molecule has 0 bridgehead atoms. The maximum Gasteiger partial charge on any atom is 0.461 e. The van der Waals surface area contributed by atoms with Crippen LogP contribution >= 0.6 is 0 Å². The lowest BCUT2D eigenvalue weighted by Crippen LogP contribution is -2.33. The van der Waals surface area contributed by atoms with Crippen LogP contribution in [0.1, 0.15) is 5.56 Å². The van der Waals surface area contributed by atoms with Crippen LogP contribution in [0.3, 0.4) is 0 Å². The molecule has 2 N–H and O–H groups in total. The fourth-order valence-corrected chi connectivity index (χ4v) is 3.09. The van der Waals surface area contributed by atoms with Gasteiger partial charge >= 0.3 is 12.5 Å². The number of hydrogen-bond donors (Lipinski definition) is 2. The molecule has 0 aliphatic rings. The van der Waals surface area contributed by atoms with Crippen molar-refractivity contribution in [2.45, 2.75) is 19.1 Å². The Morgan fingerprint density at radius 3 is 2.68 bits per heavy atom. The zero-order valence-corrected chi connectivity index (χ0v) is 15.8. The van der Waals surface area contributed by atoms with E-state index in [-0.39, 0.29) is 6.61 Å². The summed E-state index contributed by atoms with van der Waals surface area (Å²) in [5.41, 5.74) is 2.97. The quantitative estimate of drug-likeness (QED) is 0.408. The molecule has 0 unspecified atom stereocenters. The molecule has 0 aliphatic carbocycles. The van der Waals surface area contributed by atoms with Gasteiger partial charge in [-0.15, -0.1) is 0 Å². The van der Waals surface area contributed by atoms with Crippen molar-refractivity contribution in [2.75, 3.05) is 5.32 Å². The van der Waals surface area contributed by atoms with Crippen molar-refractivity contribution in [3.05, 3.63) is 72.7 Å². The zero-order chi connectivity index (χ0) is 22.0. The Balaban J connectivity index is 1.66. The van der Waals surface area contributed by atoms with Gasteiger partial charge in [0.15, 0.2) is 11.5 Å². The number of aromatic nitrogens is 3. The molecular formula is C21H16F4N4O2. The average molecular weight is 432 g/mol. The maximum atomic E-state index is 13.2. The van der Waals surface area contributed by atoms with Gasteiger partial charge in [0.25, 0.3) is 0 Å². The largest absolute Gasteiger partial charge is 0.461 e. The van der Waals surface area contributed by atoms with Gasteiger partial charge in [-0.05, 0) is 17.7 Å². The number of imidazole rings is 1. The summed E-state index contributed by atoms with van der Waals surface area (Å²) in [5, 5.41) is 12.6. The lowest BCUT2D eigenvalue weighted by Gasteiger charge is -2.17. The summed E-state index contributed by atoms with van der Waals surface area (Å²) < 4.78 is 57.0. The van der Waals surface area contributed by atoms with Crippen molar-refractivity contribution in [1.82, 2.24) is 14.4 Å². The Morgan fingerprint density at radius 2 is 1.90 bits per heavy atom. The molecule has 0 saturated carbocycles. The molecule has 4 rings (SSSR count). The number of alkyl halides is 4. The molecule has 0 spiro atoms. The number of anilines is 2. The molecule has 0 saturated heterocycles. The van der Waals surface area contributed by atoms with Crippen LogP contribution in [0, 0.1) is 0 Å². The number of aliphatic hydroxyl groups is 1. The third kappa shape index (κ3) is 4.15. The molecule has 160 valence electrons. The predicted octanol–water partition coefficient (Wildman–Crippen LogP) is 4.87. The lowest BCUT2D eigenvalue weighted by molar-refractivity contribution is -0.253. The Morgan fingerprint density at radius 1 is 1.10 bits per heavy atom. The summed E-state index contributed by atoms with van der Waals surface area (Å²) in [4.78, 5) is 8.61. The van der Waals surface area contributed by atoms with Gasteiger partial charge in [-0.2, -0.15) is 17.6 Å². The minimum Gasteiger partial charge on any atom is -0.428 e. The highest BCUT2D eigenvalue weighted by atomic mass is 19.3. The van der Waals surface area contributed by atoms with Crippen LogP contribution in [0.15, 0.2) is 67.1 Å². The van der Waals surface area contributed by atoms with E-state index < -0.39 is 18.3 Å². The second kappa shape index (κ2) is 8.23. The third-order valence-electron chi connectivity index (χ3n) is 4.50. The first kappa shape index (κ1) is 20.6. The molecule has 2 aromatic carbocycles. The fourth-order valence-electron chi connectivity index (χ4n) is 3.09. The van der Waals surface area contributed by atoms with E-state index in [9.17, 15) is 22.7 Å². The molecule has 6 nitrogen and oxygen atoms in total. The Kier molecular flexibility index (Phi) is 5.47. The van der Waals surface area contributed by atoms with Crippen molar-refractivity contribution in [3.8, 4) is 17.0 Å². The van der Waals surface area contributed by atoms with Gasteiger partial charge in [0.05, 0.1) is 18.5 Å². The van der Waals surface area contributed by atoms with Gasteiger partial charge in [-0.3, -0.25) is 4.40 Å². The highest BCUT2D eigenvalue weighted by Crippen LogP contribution is 2.31. The van der Waals surface area contributed by atoms with Crippen LogP contribution in [0.2, 0.25) is 0 Å². The van der Waals surface area contributed by atoms with Crippen molar-refractivity contribution >= 4 is 17.2 Å². The number of nitrogens with zero attached hydrogens (tertiary/aromatic N) is 3. The van der Waals surface area contributed by atoms with E-state index in [4.69, 9.17) is 0 Å². The number of ether oxygens (including phenoxy) is 1. The topological polar surface area (TPSA) is 71.7 Å². The average Bonchev–Trinajstić information content (AvgIpc) is 3.18. The van der Waals surface area contributed by atoms with E-state index in [0.717, 1.165) is 29.0 Å². The summed E-state index contributed by atoms with van der Waals surface area (Å²) in [6, 6.07) is 12.6. The van der Waals surface area contributed by atoms with Crippen molar-refractivity contribution < 1.29 is 27.4 Å². The summed E-state index contributed by atoms with van der Waals surface area (Å²) in [6.07, 6.45) is -3.72. The van der Waals surface area contributed by atoms with Gasteiger partial charge in [-0.1, -0.05) is 30.3 Å². The standard InChI is InChI=1S/C21H16F4N4O2/c22-20(23)21(24,25)31-15-6-3-5-14(10-15)28-18-19-27-11-17(29(19)9-8-26-18)16-7-2-1-4-13(16)12-30/h1-11,20,30H,12H2,(H,26,28). The molecule has 4 aromatic rings. The zero-order valence-electron chi connectivity index (χ0n) is 15.8. The smallest absolute Gasteiger partial charge is 0.428 e. The van der Waals surface area contributed by atoms with Crippen LogP contribution < -0.4 is 10.1 Å². The molecule has 0 aliphatic heterocycles. The van der Waals surface area contributed by atoms with Gasteiger partial charge in [0, 0.05) is 29.7 Å². The molecule has 0 atom stereocenters. The van der Waals surface area contributed by atoms with E-state index in [1.54, 1.807) is 28.9 Å². The van der Waals surface area contributed by atoms with E-state index in [0.29, 0.717) is 17.2 Å². The summed E-state index contributed by atoms with van der Waals surface area (Å²) in [6.45, 7) is -0.143. The first-order valence-corrected chi connectivity index (χ1v) is 9.12. The predicted molar refractivity (Wildman–Crippen MR) is 106 cm³/mol. The van der Waals surface area contributed by atoms with Gasteiger partial charge in [0.2, 0.25) is 0 Å².